The highest BCUT2D eigenvalue weighted by Gasteiger charge is 2.12. The minimum atomic E-state index is -0.446. The van der Waals surface area contributed by atoms with Crippen molar-refractivity contribution in [3.63, 3.8) is 0 Å². The number of amides is 2. The van der Waals surface area contributed by atoms with Crippen molar-refractivity contribution in [2.45, 2.75) is 0 Å². The number of aromatic nitrogens is 1. The van der Waals surface area contributed by atoms with Gasteiger partial charge in [0.1, 0.15) is 5.56 Å². The molecule has 2 amide bonds. The molecule has 0 atom stereocenters. The molecule has 0 fully saturated rings. The van der Waals surface area contributed by atoms with Crippen LogP contribution in [-0.2, 0) is 0 Å². The van der Waals surface area contributed by atoms with Crippen LogP contribution in [0.25, 0.3) is 5.69 Å². The molecule has 0 saturated carbocycles. The van der Waals surface area contributed by atoms with Crippen LogP contribution in [-0.4, -0.2) is 23.4 Å². The summed E-state index contributed by atoms with van der Waals surface area (Å²) in [6, 6.07) is 16.5. The van der Waals surface area contributed by atoms with Crippen LogP contribution in [0.3, 0.4) is 0 Å². The molecule has 2 aromatic carbocycles. The molecular weight excluding hydrogens is 366 g/mol. The average molecular weight is 382 g/mol. The van der Waals surface area contributed by atoms with Crippen LogP contribution in [0.1, 0.15) is 20.7 Å². The third kappa shape index (κ3) is 3.91. The monoisotopic (exact) mass is 381 g/mol. The number of anilines is 1. The lowest BCUT2D eigenvalue weighted by Crippen LogP contribution is -2.30. The number of hydrogen-bond acceptors (Lipinski definition) is 3. The van der Waals surface area contributed by atoms with Gasteiger partial charge in [0.25, 0.3) is 17.4 Å². The van der Waals surface area contributed by atoms with Crippen LogP contribution in [0.15, 0.2) is 71.7 Å². The van der Waals surface area contributed by atoms with Gasteiger partial charge in [0.05, 0.1) is 10.6 Å². The van der Waals surface area contributed by atoms with Crippen molar-refractivity contribution in [1.29, 1.82) is 0 Å². The van der Waals surface area contributed by atoms with Crippen molar-refractivity contribution >= 4 is 29.1 Å². The maximum absolute atomic E-state index is 12.5. The van der Waals surface area contributed by atoms with Gasteiger partial charge in [0.2, 0.25) is 0 Å². The number of nitrogens with zero attached hydrogens (tertiary/aromatic N) is 1. The fourth-order valence-electron chi connectivity index (χ4n) is 2.55. The summed E-state index contributed by atoms with van der Waals surface area (Å²) in [5, 5.41) is 5.56. The van der Waals surface area contributed by atoms with Gasteiger partial charge in [-0.15, -0.1) is 0 Å². The predicted octanol–water partition coefficient (Wildman–Crippen LogP) is 3.10. The molecule has 0 unspecified atom stereocenters. The highest BCUT2D eigenvalue weighted by Crippen LogP contribution is 2.18. The van der Waals surface area contributed by atoms with Crippen LogP contribution in [0.4, 0.5) is 5.69 Å². The molecule has 3 rings (SSSR count). The van der Waals surface area contributed by atoms with Gasteiger partial charge in [0, 0.05) is 24.6 Å². The van der Waals surface area contributed by atoms with Gasteiger partial charge in [-0.05, 0) is 48.5 Å². The number of carbonyl (C=O) groups is 2. The maximum atomic E-state index is 12.5. The number of halogens is 1. The Kier molecular flexibility index (Phi) is 5.38. The normalized spacial score (nSPS) is 10.3. The van der Waals surface area contributed by atoms with E-state index >= 15 is 0 Å². The summed E-state index contributed by atoms with van der Waals surface area (Å²) in [5.74, 6) is -0.773. The number of rotatable bonds is 4. The Labute approximate surface area is 160 Å². The molecule has 0 aliphatic carbocycles. The Morgan fingerprint density at radius 1 is 0.889 bits per heavy atom. The first kappa shape index (κ1) is 18.4. The Hall–Kier alpha value is -3.38. The minimum absolute atomic E-state index is 0.0519. The minimum Gasteiger partial charge on any atom is -0.355 e. The van der Waals surface area contributed by atoms with Gasteiger partial charge in [-0.1, -0.05) is 23.7 Å². The van der Waals surface area contributed by atoms with Gasteiger partial charge in [-0.3, -0.25) is 19.0 Å². The van der Waals surface area contributed by atoms with E-state index in [9.17, 15) is 14.4 Å². The fourth-order valence-corrected chi connectivity index (χ4v) is 2.78. The smallest absolute Gasteiger partial charge is 0.267 e. The number of benzene rings is 2. The molecule has 27 heavy (non-hydrogen) atoms. The molecule has 1 heterocycles. The molecule has 0 radical (unpaired) electrons. The Morgan fingerprint density at radius 3 is 2.22 bits per heavy atom. The van der Waals surface area contributed by atoms with Gasteiger partial charge < -0.3 is 10.6 Å². The van der Waals surface area contributed by atoms with E-state index in [1.807, 2.05) is 0 Å². The zero-order chi connectivity index (χ0) is 19.4. The van der Waals surface area contributed by atoms with Crippen molar-refractivity contribution in [3.05, 3.63) is 93.4 Å². The average Bonchev–Trinajstić information content (AvgIpc) is 2.68. The third-order valence-electron chi connectivity index (χ3n) is 3.94. The van der Waals surface area contributed by atoms with Crippen LogP contribution in [0.2, 0.25) is 5.02 Å². The molecule has 1 aromatic heterocycles. The van der Waals surface area contributed by atoms with Gasteiger partial charge in [-0.25, -0.2) is 0 Å². The molecule has 0 saturated heterocycles. The highest BCUT2D eigenvalue weighted by molar-refractivity contribution is 6.34. The van der Waals surface area contributed by atoms with Gasteiger partial charge in [-0.2, -0.15) is 0 Å². The zero-order valence-corrected chi connectivity index (χ0v) is 15.2. The highest BCUT2D eigenvalue weighted by atomic mass is 35.5. The van der Waals surface area contributed by atoms with Crippen molar-refractivity contribution in [2.75, 3.05) is 12.4 Å². The molecule has 2 N–H and O–H groups in total. The first-order chi connectivity index (χ1) is 13.0. The molecule has 7 heteroatoms. The summed E-state index contributed by atoms with van der Waals surface area (Å²) in [6.45, 7) is 0. The second-order valence-corrected chi connectivity index (χ2v) is 6.06. The van der Waals surface area contributed by atoms with E-state index in [0.717, 1.165) is 0 Å². The predicted molar refractivity (Wildman–Crippen MR) is 105 cm³/mol. The summed E-state index contributed by atoms with van der Waals surface area (Å²) in [4.78, 5) is 36.5. The van der Waals surface area contributed by atoms with Crippen LogP contribution in [0.5, 0.6) is 0 Å². The first-order valence-corrected chi connectivity index (χ1v) is 8.49. The van der Waals surface area contributed by atoms with Crippen LogP contribution in [0, 0.1) is 0 Å². The second kappa shape index (κ2) is 7.88. The summed E-state index contributed by atoms with van der Waals surface area (Å²) >= 11 is 6.03. The molecule has 0 spiro atoms. The molecule has 136 valence electrons. The molecule has 0 bridgehead atoms. The topological polar surface area (TPSA) is 80.2 Å². The summed E-state index contributed by atoms with van der Waals surface area (Å²) in [6.07, 6.45) is 1.58. The molecular formula is C20H16ClN3O3. The van der Waals surface area contributed by atoms with Gasteiger partial charge >= 0.3 is 0 Å². The van der Waals surface area contributed by atoms with E-state index < -0.39 is 11.5 Å². The van der Waals surface area contributed by atoms with Crippen LogP contribution >= 0.6 is 11.6 Å². The SMILES string of the molecule is CNC(=O)c1cccn(-c2ccc(NC(=O)c3ccccc3Cl)cc2)c1=O. The lowest BCUT2D eigenvalue weighted by Gasteiger charge is -2.10. The first-order valence-electron chi connectivity index (χ1n) is 8.11. The summed E-state index contributed by atoms with van der Waals surface area (Å²) < 4.78 is 1.37. The fraction of sp³-hybridized carbons (Fsp3) is 0.0500. The van der Waals surface area contributed by atoms with E-state index in [2.05, 4.69) is 10.6 Å². The molecule has 6 nitrogen and oxygen atoms in total. The number of nitrogens with one attached hydrogen (secondary N) is 2. The van der Waals surface area contributed by atoms with E-state index in [4.69, 9.17) is 11.6 Å². The Morgan fingerprint density at radius 2 is 1.56 bits per heavy atom. The van der Waals surface area contributed by atoms with Crippen molar-refractivity contribution in [2.24, 2.45) is 0 Å². The Balaban J connectivity index is 1.84. The van der Waals surface area contributed by atoms with Crippen molar-refractivity contribution in [3.8, 4) is 5.69 Å². The summed E-state index contributed by atoms with van der Waals surface area (Å²) in [5.41, 5.74) is 1.12. The van der Waals surface area contributed by atoms with Crippen molar-refractivity contribution in [1.82, 2.24) is 9.88 Å². The molecule has 3 aromatic rings. The standard InChI is InChI=1S/C20H16ClN3O3/c1-22-18(25)16-6-4-12-24(20(16)27)14-10-8-13(9-11-14)23-19(26)15-5-2-3-7-17(15)21/h2-12H,1H3,(H,22,25)(H,23,26). The van der Waals surface area contributed by atoms with Gasteiger partial charge in [0.15, 0.2) is 0 Å². The maximum Gasteiger partial charge on any atom is 0.267 e. The number of hydrogen-bond donors (Lipinski definition) is 2. The molecule has 0 aliphatic rings. The third-order valence-corrected chi connectivity index (χ3v) is 4.27. The quantitative estimate of drug-likeness (QED) is 0.728. The zero-order valence-electron chi connectivity index (χ0n) is 14.4. The van der Waals surface area contributed by atoms with E-state index in [1.54, 1.807) is 60.8 Å². The Bertz CT molecular complexity index is 1060. The van der Waals surface area contributed by atoms with E-state index in [1.165, 1.54) is 17.7 Å². The molecule has 0 aliphatic heterocycles. The van der Waals surface area contributed by atoms with Crippen molar-refractivity contribution < 1.29 is 9.59 Å². The van der Waals surface area contributed by atoms with E-state index in [0.29, 0.717) is 22.0 Å². The lowest BCUT2D eigenvalue weighted by atomic mass is 10.2. The second-order valence-electron chi connectivity index (χ2n) is 5.66. The van der Waals surface area contributed by atoms with Crippen LogP contribution < -0.4 is 16.2 Å². The lowest BCUT2D eigenvalue weighted by molar-refractivity contribution is 0.0960. The number of carbonyl (C=O) groups excluding carboxylic acids is 2. The summed E-state index contributed by atoms with van der Waals surface area (Å²) in [7, 11) is 1.47. The number of pyridine rings is 1. The van der Waals surface area contributed by atoms with E-state index in [-0.39, 0.29) is 11.5 Å². The largest absolute Gasteiger partial charge is 0.355 e.